The van der Waals surface area contributed by atoms with Crippen molar-refractivity contribution in [3.63, 3.8) is 0 Å². The van der Waals surface area contributed by atoms with E-state index in [2.05, 4.69) is 10.2 Å². The number of benzene rings is 3. The number of carbonyl (C=O) groups is 2. The molecule has 0 aliphatic heterocycles. The fraction of sp³-hybridized carbons (Fsp3) is 0.0870. The molecule has 1 heterocycles. The third-order valence-corrected chi connectivity index (χ3v) is 4.71. The Hall–Kier alpha value is -4.54. The van der Waals surface area contributed by atoms with Gasteiger partial charge in [-0.15, -0.1) is 0 Å². The van der Waals surface area contributed by atoms with Crippen LogP contribution in [0.3, 0.4) is 0 Å². The molecule has 3 aromatic carbocycles. The molecule has 0 radical (unpaired) electrons. The van der Waals surface area contributed by atoms with Gasteiger partial charge in [-0.2, -0.15) is 18.3 Å². The molecule has 3 N–H and O–H groups in total. The molecule has 174 valence electrons. The van der Waals surface area contributed by atoms with Crippen molar-refractivity contribution in [3.05, 3.63) is 77.5 Å². The number of aromatic amines is 1. The number of hydrogen-bond acceptors (Lipinski definition) is 5. The van der Waals surface area contributed by atoms with Gasteiger partial charge in [-0.25, -0.2) is 4.79 Å². The van der Waals surface area contributed by atoms with Gasteiger partial charge in [-0.1, -0.05) is 12.1 Å². The lowest BCUT2D eigenvalue weighted by Gasteiger charge is -2.16. The van der Waals surface area contributed by atoms with Gasteiger partial charge < -0.3 is 19.7 Å². The molecular formula is C23H15F3N2O6. The quantitative estimate of drug-likeness (QED) is 0.325. The molecular weight excluding hydrogens is 457 g/mol. The fourth-order valence-corrected chi connectivity index (χ4v) is 3.26. The Labute approximate surface area is 189 Å². The predicted molar refractivity (Wildman–Crippen MR) is 112 cm³/mol. The summed E-state index contributed by atoms with van der Waals surface area (Å²) < 4.78 is 52.2. The number of aromatic nitrogens is 2. The van der Waals surface area contributed by atoms with Gasteiger partial charge in [0, 0.05) is 5.39 Å². The van der Waals surface area contributed by atoms with Crippen LogP contribution in [0.5, 0.6) is 23.0 Å². The maximum absolute atomic E-state index is 13.7. The third kappa shape index (κ3) is 4.93. The molecule has 4 aromatic rings. The van der Waals surface area contributed by atoms with Gasteiger partial charge in [-0.3, -0.25) is 9.89 Å². The van der Waals surface area contributed by atoms with Crippen LogP contribution in [0, 0.1) is 0 Å². The number of nitrogens with zero attached hydrogens (tertiary/aromatic N) is 1. The Bertz CT molecular complexity index is 1400. The summed E-state index contributed by atoms with van der Waals surface area (Å²) in [6.45, 7) is 0. The van der Waals surface area contributed by atoms with Crippen molar-refractivity contribution < 1.29 is 42.4 Å². The van der Waals surface area contributed by atoms with Crippen molar-refractivity contribution in [2.75, 3.05) is 0 Å². The van der Waals surface area contributed by atoms with E-state index >= 15 is 0 Å². The summed E-state index contributed by atoms with van der Waals surface area (Å²) in [5.74, 6) is -2.84. The van der Waals surface area contributed by atoms with Crippen LogP contribution in [0.2, 0.25) is 0 Å². The molecule has 0 aliphatic rings. The van der Waals surface area contributed by atoms with E-state index in [1.54, 1.807) is 0 Å². The van der Waals surface area contributed by atoms with E-state index in [9.17, 15) is 27.9 Å². The lowest BCUT2D eigenvalue weighted by molar-refractivity contribution is -0.138. The monoisotopic (exact) mass is 472 g/mol. The molecule has 11 heteroatoms. The van der Waals surface area contributed by atoms with Crippen LogP contribution in [0.25, 0.3) is 10.9 Å². The summed E-state index contributed by atoms with van der Waals surface area (Å²) in [6, 6.07) is 13.2. The number of aliphatic carboxylic acids is 1. The summed E-state index contributed by atoms with van der Waals surface area (Å²) >= 11 is 0. The first kappa shape index (κ1) is 22.6. The van der Waals surface area contributed by atoms with Crippen LogP contribution in [0.4, 0.5) is 13.2 Å². The zero-order valence-electron chi connectivity index (χ0n) is 17.1. The van der Waals surface area contributed by atoms with Gasteiger partial charge in [0.1, 0.15) is 28.6 Å². The number of hydrogen-bond donors (Lipinski definition) is 3. The Balaban J connectivity index is 1.64. The first-order valence-corrected chi connectivity index (χ1v) is 9.69. The van der Waals surface area contributed by atoms with E-state index in [0.29, 0.717) is 11.1 Å². The van der Waals surface area contributed by atoms with E-state index in [4.69, 9.17) is 14.6 Å². The second-order valence-corrected chi connectivity index (χ2v) is 7.16. The summed E-state index contributed by atoms with van der Waals surface area (Å²) in [5, 5.41) is 24.6. The van der Waals surface area contributed by atoms with Gasteiger partial charge in [0.05, 0.1) is 11.9 Å². The summed E-state index contributed by atoms with van der Waals surface area (Å²) in [6.07, 6.45) is -5.08. The highest BCUT2D eigenvalue weighted by atomic mass is 19.4. The van der Waals surface area contributed by atoms with Crippen molar-refractivity contribution >= 4 is 22.8 Å². The highest BCUT2D eigenvalue weighted by Gasteiger charge is 2.35. The number of H-pyrrole nitrogens is 1. The van der Waals surface area contributed by atoms with E-state index in [0.717, 1.165) is 12.1 Å². The van der Waals surface area contributed by atoms with Crippen molar-refractivity contribution in [2.24, 2.45) is 0 Å². The summed E-state index contributed by atoms with van der Waals surface area (Å²) in [5.41, 5.74) is -0.557. The molecule has 0 saturated carbocycles. The number of nitrogens with one attached hydrogen (secondary N) is 1. The SMILES string of the molecule is O=C(O)Cc1cccc(Oc2ccc(Oc3ccc4[nH]nc(C(=O)O)c4c3)cc2C(F)(F)F)c1. The topological polar surface area (TPSA) is 122 Å². The van der Waals surface area contributed by atoms with Crippen molar-refractivity contribution in [2.45, 2.75) is 12.6 Å². The van der Waals surface area contributed by atoms with E-state index in [1.807, 2.05) is 0 Å². The van der Waals surface area contributed by atoms with Gasteiger partial charge in [-0.05, 0) is 54.1 Å². The van der Waals surface area contributed by atoms with Crippen molar-refractivity contribution in [3.8, 4) is 23.0 Å². The minimum absolute atomic E-state index is 0.0459. The lowest BCUT2D eigenvalue weighted by Crippen LogP contribution is -2.07. The predicted octanol–water partition coefficient (Wildman–Crippen LogP) is 5.49. The molecule has 0 spiro atoms. The molecule has 0 atom stereocenters. The Morgan fingerprint density at radius 2 is 1.62 bits per heavy atom. The zero-order valence-corrected chi connectivity index (χ0v) is 17.1. The molecule has 1 aromatic heterocycles. The first-order valence-electron chi connectivity index (χ1n) is 9.69. The number of ether oxygens (including phenoxy) is 2. The van der Waals surface area contributed by atoms with Crippen LogP contribution in [-0.2, 0) is 17.4 Å². The van der Waals surface area contributed by atoms with E-state index in [-0.39, 0.29) is 34.7 Å². The average Bonchev–Trinajstić information content (AvgIpc) is 3.17. The molecule has 0 aliphatic carbocycles. The molecule has 4 rings (SSSR count). The Morgan fingerprint density at radius 1 is 0.912 bits per heavy atom. The molecule has 0 fully saturated rings. The number of alkyl halides is 3. The second kappa shape index (κ2) is 8.77. The minimum Gasteiger partial charge on any atom is -0.481 e. The summed E-state index contributed by atoms with van der Waals surface area (Å²) in [7, 11) is 0. The minimum atomic E-state index is -4.78. The lowest BCUT2D eigenvalue weighted by atomic mass is 10.1. The fourth-order valence-electron chi connectivity index (χ4n) is 3.26. The number of aromatic carboxylic acids is 1. The molecule has 0 saturated heterocycles. The molecule has 0 bridgehead atoms. The molecule has 0 unspecified atom stereocenters. The van der Waals surface area contributed by atoms with Crippen LogP contribution in [0.15, 0.2) is 60.7 Å². The Morgan fingerprint density at radius 3 is 2.32 bits per heavy atom. The average molecular weight is 472 g/mol. The van der Waals surface area contributed by atoms with E-state index in [1.165, 1.54) is 48.5 Å². The van der Waals surface area contributed by atoms with Gasteiger partial charge in [0.25, 0.3) is 0 Å². The van der Waals surface area contributed by atoms with Gasteiger partial charge in [0.2, 0.25) is 0 Å². The molecule has 8 nitrogen and oxygen atoms in total. The van der Waals surface area contributed by atoms with Crippen LogP contribution >= 0.6 is 0 Å². The van der Waals surface area contributed by atoms with Crippen LogP contribution < -0.4 is 9.47 Å². The maximum atomic E-state index is 13.7. The maximum Gasteiger partial charge on any atom is 0.420 e. The van der Waals surface area contributed by atoms with Crippen molar-refractivity contribution in [1.29, 1.82) is 0 Å². The van der Waals surface area contributed by atoms with Gasteiger partial charge in [0.15, 0.2) is 5.69 Å². The van der Waals surface area contributed by atoms with Crippen LogP contribution in [0.1, 0.15) is 21.6 Å². The number of carboxylic acids is 2. The highest BCUT2D eigenvalue weighted by molar-refractivity contribution is 6.01. The molecule has 0 amide bonds. The largest absolute Gasteiger partial charge is 0.481 e. The summed E-state index contributed by atoms with van der Waals surface area (Å²) in [4.78, 5) is 22.2. The second-order valence-electron chi connectivity index (χ2n) is 7.16. The standard InChI is InChI=1S/C23H15F3N2O6/c24-23(25,26)17-11-15(33-14-4-6-18-16(10-14)21(22(31)32)28-27-18)5-7-19(17)34-13-3-1-2-12(8-13)9-20(29)30/h1-8,10-11H,9H2,(H,27,28)(H,29,30)(H,31,32). The third-order valence-electron chi connectivity index (χ3n) is 4.71. The number of carboxylic acid groups (broad SMARTS) is 2. The smallest absolute Gasteiger partial charge is 0.420 e. The van der Waals surface area contributed by atoms with Crippen molar-refractivity contribution in [1.82, 2.24) is 10.2 Å². The number of rotatable bonds is 7. The van der Waals surface area contributed by atoms with E-state index < -0.39 is 29.4 Å². The highest BCUT2D eigenvalue weighted by Crippen LogP contribution is 2.41. The number of halogens is 3. The first-order chi connectivity index (χ1) is 16.1. The van der Waals surface area contributed by atoms with Gasteiger partial charge >= 0.3 is 18.1 Å². The zero-order chi connectivity index (χ0) is 24.5. The number of fused-ring (bicyclic) bond motifs is 1. The Kier molecular flexibility index (Phi) is 5.84. The normalized spacial score (nSPS) is 11.4. The van der Waals surface area contributed by atoms with Crippen LogP contribution in [-0.4, -0.2) is 32.3 Å². The molecule has 34 heavy (non-hydrogen) atoms.